The Hall–Kier alpha value is -0.770. The lowest BCUT2D eigenvalue weighted by atomic mass is 10.0. The molecule has 1 aliphatic carbocycles. The molecule has 1 atom stereocenters. The average molecular weight is 362 g/mol. The standard InChI is InChI=1S/C18H20BrNS/c19-16-5-2-6-18(11-16)21-12-17(20)10-13-7-8-14-3-1-4-15(14)9-13/h2,5-9,11,17H,1,3-4,10,12,20H2. The predicted molar refractivity (Wildman–Crippen MR) is 95.0 cm³/mol. The molecule has 3 rings (SSSR count). The zero-order valence-electron chi connectivity index (χ0n) is 12.0. The predicted octanol–water partition coefficient (Wildman–Crippen LogP) is 4.60. The molecule has 110 valence electrons. The third kappa shape index (κ3) is 4.12. The number of aryl methyl sites for hydroxylation is 2. The van der Waals surface area contributed by atoms with E-state index in [9.17, 15) is 0 Å². The van der Waals surface area contributed by atoms with E-state index < -0.39 is 0 Å². The molecule has 21 heavy (non-hydrogen) atoms. The van der Waals surface area contributed by atoms with Crippen LogP contribution in [-0.4, -0.2) is 11.8 Å². The van der Waals surface area contributed by atoms with Crippen molar-refractivity contribution in [3.8, 4) is 0 Å². The Kier molecular flexibility index (Phi) is 5.04. The van der Waals surface area contributed by atoms with Crippen LogP contribution in [0.25, 0.3) is 0 Å². The minimum atomic E-state index is 0.202. The monoisotopic (exact) mass is 361 g/mol. The molecule has 0 spiro atoms. The normalized spacial score (nSPS) is 15.0. The highest BCUT2D eigenvalue weighted by Crippen LogP contribution is 2.25. The van der Waals surface area contributed by atoms with Crippen molar-refractivity contribution in [3.05, 3.63) is 63.6 Å². The van der Waals surface area contributed by atoms with Crippen molar-refractivity contribution in [2.75, 3.05) is 5.75 Å². The van der Waals surface area contributed by atoms with Crippen LogP contribution in [0.15, 0.2) is 51.8 Å². The summed E-state index contributed by atoms with van der Waals surface area (Å²) in [5.41, 5.74) is 10.8. The third-order valence-electron chi connectivity index (χ3n) is 3.92. The second-order valence-electron chi connectivity index (χ2n) is 5.69. The minimum Gasteiger partial charge on any atom is -0.327 e. The molecule has 3 heteroatoms. The van der Waals surface area contributed by atoms with Crippen LogP contribution >= 0.6 is 27.7 Å². The number of benzene rings is 2. The maximum atomic E-state index is 6.30. The van der Waals surface area contributed by atoms with Gasteiger partial charge in [0.2, 0.25) is 0 Å². The van der Waals surface area contributed by atoms with Crippen molar-refractivity contribution in [1.82, 2.24) is 0 Å². The Morgan fingerprint density at radius 2 is 1.95 bits per heavy atom. The molecule has 2 aromatic carbocycles. The summed E-state index contributed by atoms with van der Waals surface area (Å²) < 4.78 is 1.12. The lowest BCUT2D eigenvalue weighted by molar-refractivity contribution is 0.748. The van der Waals surface area contributed by atoms with Gasteiger partial charge in [-0.3, -0.25) is 0 Å². The first-order valence-corrected chi connectivity index (χ1v) is 9.23. The van der Waals surface area contributed by atoms with E-state index in [2.05, 4.69) is 58.4 Å². The maximum Gasteiger partial charge on any atom is 0.0186 e. The van der Waals surface area contributed by atoms with Gasteiger partial charge in [0.1, 0.15) is 0 Å². The fourth-order valence-electron chi connectivity index (χ4n) is 2.87. The van der Waals surface area contributed by atoms with Gasteiger partial charge in [0.15, 0.2) is 0 Å². The molecule has 2 N–H and O–H groups in total. The summed E-state index contributed by atoms with van der Waals surface area (Å²) in [6.45, 7) is 0. The summed E-state index contributed by atoms with van der Waals surface area (Å²) in [5, 5.41) is 0. The SMILES string of the molecule is NC(CSc1cccc(Br)c1)Cc1ccc2c(c1)CCC2. The first-order chi connectivity index (χ1) is 10.2. The first-order valence-electron chi connectivity index (χ1n) is 7.45. The van der Waals surface area contributed by atoms with Crippen LogP contribution in [0.2, 0.25) is 0 Å². The van der Waals surface area contributed by atoms with Gasteiger partial charge in [-0.05, 0) is 60.6 Å². The third-order valence-corrected chi connectivity index (χ3v) is 5.60. The Balaban J connectivity index is 1.55. The number of halogens is 1. The van der Waals surface area contributed by atoms with Crippen molar-refractivity contribution in [2.45, 2.75) is 36.6 Å². The maximum absolute atomic E-state index is 6.30. The molecule has 0 saturated carbocycles. The topological polar surface area (TPSA) is 26.0 Å². The fraction of sp³-hybridized carbons (Fsp3) is 0.333. The fourth-order valence-corrected chi connectivity index (χ4v) is 4.33. The number of fused-ring (bicyclic) bond motifs is 1. The van der Waals surface area contributed by atoms with Crippen molar-refractivity contribution < 1.29 is 0 Å². The number of thioether (sulfide) groups is 1. The van der Waals surface area contributed by atoms with Crippen LogP contribution in [0.4, 0.5) is 0 Å². The van der Waals surface area contributed by atoms with E-state index >= 15 is 0 Å². The zero-order valence-corrected chi connectivity index (χ0v) is 14.4. The van der Waals surface area contributed by atoms with Crippen molar-refractivity contribution in [3.63, 3.8) is 0 Å². The van der Waals surface area contributed by atoms with Crippen LogP contribution in [0, 0.1) is 0 Å². The molecule has 0 amide bonds. The summed E-state index contributed by atoms with van der Waals surface area (Å²) in [6.07, 6.45) is 4.77. The molecule has 0 saturated heterocycles. The van der Waals surface area contributed by atoms with Crippen LogP contribution < -0.4 is 5.73 Å². The molecular weight excluding hydrogens is 342 g/mol. The molecule has 0 heterocycles. The van der Waals surface area contributed by atoms with E-state index in [0.29, 0.717) is 0 Å². The molecule has 0 bridgehead atoms. The highest BCUT2D eigenvalue weighted by Gasteiger charge is 2.12. The second kappa shape index (κ2) is 6.99. The van der Waals surface area contributed by atoms with Gasteiger partial charge in [0.25, 0.3) is 0 Å². The van der Waals surface area contributed by atoms with Crippen LogP contribution in [-0.2, 0) is 19.3 Å². The molecule has 0 radical (unpaired) electrons. The lowest BCUT2D eigenvalue weighted by Gasteiger charge is -2.12. The second-order valence-corrected chi connectivity index (χ2v) is 7.70. The van der Waals surface area contributed by atoms with E-state index in [0.717, 1.165) is 16.6 Å². The van der Waals surface area contributed by atoms with Gasteiger partial charge >= 0.3 is 0 Å². The number of rotatable bonds is 5. The van der Waals surface area contributed by atoms with Gasteiger partial charge in [-0.25, -0.2) is 0 Å². The molecule has 0 aliphatic heterocycles. The number of hydrogen-bond acceptors (Lipinski definition) is 2. The molecule has 1 aliphatic rings. The molecule has 0 fully saturated rings. The van der Waals surface area contributed by atoms with Crippen molar-refractivity contribution >= 4 is 27.7 Å². The molecule has 1 unspecified atom stereocenters. The molecule has 2 aromatic rings. The van der Waals surface area contributed by atoms with E-state index in [4.69, 9.17) is 5.73 Å². The van der Waals surface area contributed by atoms with E-state index in [-0.39, 0.29) is 6.04 Å². The summed E-state index contributed by atoms with van der Waals surface area (Å²) in [7, 11) is 0. The Morgan fingerprint density at radius 1 is 1.10 bits per heavy atom. The summed E-state index contributed by atoms with van der Waals surface area (Å²) in [5.74, 6) is 0.952. The van der Waals surface area contributed by atoms with Gasteiger partial charge < -0.3 is 5.73 Å². The van der Waals surface area contributed by atoms with Crippen LogP contribution in [0.5, 0.6) is 0 Å². The van der Waals surface area contributed by atoms with E-state index in [1.807, 2.05) is 11.8 Å². The Labute approximate surface area is 139 Å². The van der Waals surface area contributed by atoms with Gasteiger partial charge in [0.05, 0.1) is 0 Å². The van der Waals surface area contributed by atoms with Crippen molar-refractivity contribution in [2.24, 2.45) is 5.73 Å². The number of hydrogen-bond donors (Lipinski definition) is 1. The van der Waals surface area contributed by atoms with Gasteiger partial charge in [-0.2, -0.15) is 0 Å². The van der Waals surface area contributed by atoms with Gasteiger partial charge in [-0.1, -0.05) is 40.2 Å². The van der Waals surface area contributed by atoms with Crippen LogP contribution in [0.3, 0.4) is 0 Å². The number of nitrogens with two attached hydrogens (primary N) is 1. The highest BCUT2D eigenvalue weighted by molar-refractivity contribution is 9.10. The first kappa shape index (κ1) is 15.1. The zero-order chi connectivity index (χ0) is 14.7. The van der Waals surface area contributed by atoms with Gasteiger partial charge in [0, 0.05) is 21.2 Å². The summed E-state index contributed by atoms with van der Waals surface area (Å²) in [4.78, 5) is 1.27. The lowest BCUT2D eigenvalue weighted by Crippen LogP contribution is -2.25. The smallest absolute Gasteiger partial charge is 0.0186 e. The van der Waals surface area contributed by atoms with Crippen LogP contribution in [0.1, 0.15) is 23.1 Å². The summed E-state index contributed by atoms with van der Waals surface area (Å²) in [6, 6.07) is 15.5. The highest BCUT2D eigenvalue weighted by atomic mass is 79.9. The summed E-state index contributed by atoms with van der Waals surface area (Å²) >= 11 is 5.34. The molecule has 0 aromatic heterocycles. The minimum absolute atomic E-state index is 0.202. The Bertz CT molecular complexity index is 626. The largest absolute Gasteiger partial charge is 0.327 e. The van der Waals surface area contributed by atoms with E-state index in [1.54, 1.807) is 5.56 Å². The van der Waals surface area contributed by atoms with Crippen molar-refractivity contribution in [1.29, 1.82) is 0 Å². The van der Waals surface area contributed by atoms with E-state index in [1.165, 1.54) is 35.3 Å². The molecular formula is C18H20BrNS. The quantitative estimate of drug-likeness (QED) is 0.787. The van der Waals surface area contributed by atoms with Gasteiger partial charge in [-0.15, -0.1) is 11.8 Å². The molecule has 1 nitrogen and oxygen atoms in total. The Morgan fingerprint density at radius 3 is 2.81 bits per heavy atom. The average Bonchev–Trinajstić information content (AvgIpc) is 2.93.